The molecule has 2 heteroatoms. The summed E-state index contributed by atoms with van der Waals surface area (Å²) in [5, 5.41) is 8.56. The Labute approximate surface area is 180 Å². The fourth-order valence-corrected chi connectivity index (χ4v) is 2.90. The number of aliphatic carboxylic acids is 1. The second-order valence-corrected chi connectivity index (χ2v) is 7.50. The van der Waals surface area contributed by atoms with Crippen molar-refractivity contribution in [3.05, 3.63) is 60.8 Å². The van der Waals surface area contributed by atoms with E-state index >= 15 is 0 Å². The quantitative estimate of drug-likeness (QED) is 0.164. The van der Waals surface area contributed by atoms with E-state index in [4.69, 9.17) is 5.11 Å². The van der Waals surface area contributed by atoms with Crippen molar-refractivity contribution >= 4 is 5.97 Å². The first-order valence-electron chi connectivity index (χ1n) is 11.7. The molecule has 0 atom stereocenters. The van der Waals surface area contributed by atoms with Gasteiger partial charge in [0.15, 0.2) is 0 Å². The molecular formula is C27H44O2. The Morgan fingerprint density at radius 1 is 0.552 bits per heavy atom. The molecule has 0 rings (SSSR count). The summed E-state index contributed by atoms with van der Waals surface area (Å²) < 4.78 is 0. The fourth-order valence-electron chi connectivity index (χ4n) is 2.90. The van der Waals surface area contributed by atoms with Crippen LogP contribution in [0.1, 0.15) is 103 Å². The maximum atomic E-state index is 10.4. The zero-order valence-corrected chi connectivity index (χ0v) is 18.7. The summed E-state index contributed by atoms with van der Waals surface area (Å²) in [6.07, 6.45) is 38.6. The fraction of sp³-hybridized carbons (Fsp3) is 0.593. The van der Waals surface area contributed by atoms with Crippen LogP contribution in [0.25, 0.3) is 0 Å². The molecule has 0 aliphatic carbocycles. The first-order chi connectivity index (χ1) is 14.3. The van der Waals surface area contributed by atoms with E-state index in [2.05, 4.69) is 67.7 Å². The first kappa shape index (κ1) is 27.2. The van der Waals surface area contributed by atoms with Crippen LogP contribution in [0.3, 0.4) is 0 Å². The van der Waals surface area contributed by atoms with E-state index in [-0.39, 0.29) is 0 Å². The van der Waals surface area contributed by atoms with Gasteiger partial charge in [-0.3, -0.25) is 4.79 Å². The predicted octanol–water partition coefficient (Wildman–Crippen LogP) is 8.72. The maximum Gasteiger partial charge on any atom is 0.303 e. The standard InChI is InChI=1S/C27H44O2/c1-2-3-4-5-6-7-8-9-10-11-12-13-14-15-16-17-18-19-20-21-22-23-24-25-26-27(28)29/h8-9,11-12,14-15,17-18,20-21H,2-7,10,13,16,19,22-26H2,1H3,(H,28,29)/b9-8?,12-11?,15-14?,18-17?,21-20-. The van der Waals surface area contributed by atoms with Gasteiger partial charge in [0.05, 0.1) is 0 Å². The number of carboxylic acids is 1. The molecule has 0 heterocycles. The van der Waals surface area contributed by atoms with Gasteiger partial charge in [0.25, 0.3) is 0 Å². The Hall–Kier alpha value is -1.83. The van der Waals surface area contributed by atoms with Gasteiger partial charge in [0, 0.05) is 6.42 Å². The van der Waals surface area contributed by atoms with Crippen LogP contribution in [-0.4, -0.2) is 11.1 Å². The number of allylic oxidation sites excluding steroid dienone is 10. The minimum atomic E-state index is -0.688. The average Bonchev–Trinajstić information content (AvgIpc) is 2.71. The minimum absolute atomic E-state index is 0.298. The molecule has 0 fully saturated rings. The highest BCUT2D eigenvalue weighted by Crippen LogP contribution is 2.06. The van der Waals surface area contributed by atoms with Crippen LogP contribution in [0.2, 0.25) is 0 Å². The van der Waals surface area contributed by atoms with Gasteiger partial charge >= 0.3 is 5.97 Å². The lowest BCUT2D eigenvalue weighted by Crippen LogP contribution is -1.93. The molecular weight excluding hydrogens is 356 g/mol. The second kappa shape index (κ2) is 24.2. The topological polar surface area (TPSA) is 37.3 Å². The minimum Gasteiger partial charge on any atom is -0.481 e. The molecule has 0 spiro atoms. The molecule has 0 aromatic heterocycles. The Kier molecular flexibility index (Phi) is 22.7. The van der Waals surface area contributed by atoms with Gasteiger partial charge in [-0.2, -0.15) is 0 Å². The second-order valence-electron chi connectivity index (χ2n) is 7.50. The zero-order chi connectivity index (χ0) is 21.3. The molecule has 0 aromatic rings. The van der Waals surface area contributed by atoms with E-state index in [1.807, 2.05) is 0 Å². The maximum absolute atomic E-state index is 10.4. The summed E-state index contributed by atoms with van der Waals surface area (Å²) in [5.74, 6) is -0.688. The van der Waals surface area contributed by atoms with Crippen LogP contribution in [0.4, 0.5) is 0 Å². The summed E-state index contributed by atoms with van der Waals surface area (Å²) in [6, 6.07) is 0. The highest BCUT2D eigenvalue weighted by molar-refractivity contribution is 5.66. The van der Waals surface area contributed by atoms with Crippen LogP contribution < -0.4 is 0 Å². The van der Waals surface area contributed by atoms with Gasteiger partial charge in [0.2, 0.25) is 0 Å². The van der Waals surface area contributed by atoms with Crippen molar-refractivity contribution in [2.45, 2.75) is 103 Å². The highest BCUT2D eigenvalue weighted by atomic mass is 16.4. The summed E-state index contributed by atoms with van der Waals surface area (Å²) in [6.45, 7) is 2.26. The number of carboxylic acid groups (broad SMARTS) is 1. The average molecular weight is 401 g/mol. The number of carbonyl (C=O) groups is 1. The van der Waals surface area contributed by atoms with Gasteiger partial charge in [-0.15, -0.1) is 0 Å². The Balaban J connectivity index is 3.42. The van der Waals surface area contributed by atoms with Crippen LogP contribution in [0.15, 0.2) is 60.8 Å². The van der Waals surface area contributed by atoms with Crippen molar-refractivity contribution in [1.82, 2.24) is 0 Å². The monoisotopic (exact) mass is 400 g/mol. The molecule has 0 saturated heterocycles. The Morgan fingerprint density at radius 3 is 1.34 bits per heavy atom. The molecule has 0 unspecified atom stereocenters. The SMILES string of the molecule is CCCCCCCC=CCC=CCC=CCC=CC/C=C\CCCCCC(=O)O. The first-order valence-corrected chi connectivity index (χ1v) is 11.7. The highest BCUT2D eigenvalue weighted by Gasteiger charge is 1.94. The molecule has 0 saturated carbocycles. The molecule has 0 aliphatic heterocycles. The lowest BCUT2D eigenvalue weighted by Gasteiger charge is -1.95. The van der Waals surface area contributed by atoms with E-state index in [0.717, 1.165) is 51.4 Å². The summed E-state index contributed by atoms with van der Waals surface area (Å²) in [5.41, 5.74) is 0. The Bertz CT molecular complexity index is 495. The third kappa shape index (κ3) is 26.2. The van der Waals surface area contributed by atoms with E-state index in [1.165, 1.54) is 38.5 Å². The molecule has 29 heavy (non-hydrogen) atoms. The zero-order valence-electron chi connectivity index (χ0n) is 18.7. The van der Waals surface area contributed by atoms with E-state index in [1.54, 1.807) is 0 Å². The van der Waals surface area contributed by atoms with Crippen LogP contribution in [0, 0.1) is 0 Å². The van der Waals surface area contributed by atoms with Crippen molar-refractivity contribution < 1.29 is 9.90 Å². The molecule has 0 aliphatic rings. The van der Waals surface area contributed by atoms with Crippen molar-refractivity contribution in [2.24, 2.45) is 0 Å². The van der Waals surface area contributed by atoms with Crippen LogP contribution in [-0.2, 0) is 4.79 Å². The van der Waals surface area contributed by atoms with E-state index in [9.17, 15) is 4.79 Å². The number of hydrogen-bond acceptors (Lipinski definition) is 1. The number of hydrogen-bond donors (Lipinski definition) is 1. The predicted molar refractivity (Wildman–Crippen MR) is 128 cm³/mol. The van der Waals surface area contributed by atoms with Gasteiger partial charge in [-0.25, -0.2) is 0 Å². The van der Waals surface area contributed by atoms with Crippen molar-refractivity contribution in [2.75, 3.05) is 0 Å². The van der Waals surface area contributed by atoms with E-state index < -0.39 is 5.97 Å². The summed E-state index contributed by atoms with van der Waals surface area (Å²) >= 11 is 0. The van der Waals surface area contributed by atoms with Gasteiger partial charge in [0.1, 0.15) is 0 Å². The van der Waals surface area contributed by atoms with Gasteiger partial charge < -0.3 is 5.11 Å². The van der Waals surface area contributed by atoms with Crippen LogP contribution >= 0.6 is 0 Å². The summed E-state index contributed by atoms with van der Waals surface area (Å²) in [7, 11) is 0. The molecule has 0 aromatic carbocycles. The van der Waals surface area contributed by atoms with Crippen molar-refractivity contribution in [1.29, 1.82) is 0 Å². The van der Waals surface area contributed by atoms with Gasteiger partial charge in [-0.1, -0.05) is 99.8 Å². The third-order valence-corrected chi connectivity index (χ3v) is 4.66. The molecule has 164 valence electrons. The molecule has 0 bridgehead atoms. The van der Waals surface area contributed by atoms with E-state index in [0.29, 0.717) is 6.42 Å². The molecule has 2 nitrogen and oxygen atoms in total. The smallest absolute Gasteiger partial charge is 0.303 e. The van der Waals surface area contributed by atoms with Crippen LogP contribution in [0.5, 0.6) is 0 Å². The number of unbranched alkanes of at least 4 members (excludes halogenated alkanes) is 8. The Morgan fingerprint density at radius 2 is 0.931 bits per heavy atom. The van der Waals surface area contributed by atoms with Crippen molar-refractivity contribution in [3.8, 4) is 0 Å². The molecule has 0 amide bonds. The molecule has 0 radical (unpaired) electrons. The lowest BCUT2D eigenvalue weighted by atomic mass is 10.1. The normalized spacial score (nSPS) is 12.6. The van der Waals surface area contributed by atoms with Gasteiger partial charge in [-0.05, 0) is 57.8 Å². The lowest BCUT2D eigenvalue weighted by molar-refractivity contribution is -0.137. The third-order valence-electron chi connectivity index (χ3n) is 4.66. The largest absolute Gasteiger partial charge is 0.481 e. The number of rotatable bonds is 20. The van der Waals surface area contributed by atoms with Crippen molar-refractivity contribution in [3.63, 3.8) is 0 Å². The summed E-state index contributed by atoms with van der Waals surface area (Å²) in [4.78, 5) is 10.4. The molecule has 1 N–H and O–H groups in total.